The number of hydrogen-bond donors (Lipinski definition) is 1. The molecule has 0 radical (unpaired) electrons. The van der Waals surface area contributed by atoms with E-state index in [1.165, 1.54) is 0 Å². The van der Waals surface area contributed by atoms with E-state index in [1.807, 2.05) is 0 Å². The largest absolute Gasteiger partial charge is 0.316 e. The van der Waals surface area contributed by atoms with Gasteiger partial charge in [-0.25, -0.2) is 0 Å². The van der Waals surface area contributed by atoms with Crippen LogP contribution in [0, 0.1) is 0 Å². The molecule has 0 rings (SSSR count). The molecule has 0 aliphatic carbocycles. The predicted molar refractivity (Wildman–Crippen MR) is 20.1 cm³/mol. The lowest BCUT2D eigenvalue weighted by atomic mass is 10.4. The van der Waals surface area contributed by atoms with E-state index in [0.29, 0.717) is 12.6 Å². The Morgan fingerprint density at radius 1 is 1.33 bits per heavy atom. The molecule has 0 aromatic heterocycles. The van der Waals surface area contributed by atoms with Crippen molar-refractivity contribution in [3.8, 4) is 0 Å². The summed E-state index contributed by atoms with van der Waals surface area (Å²) >= 11 is 0. The van der Waals surface area contributed by atoms with Gasteiger partial charge in [-0.2, -0.15) is 0 Å². The quantitative estimate of drug-likeness (QED) is 0.337. The molecular weight excluding hydrogens is 82.0 g/mol. The highest BCUT2D eigenvalue weighted by Gasteiger charge is 1.89. The zero-order valence-electron chi connectivity index (χ0n) is 3.13. The van der Waals surface area contributed by atoms with Gasteiger partial charge in [0.15, 0.2) is 0 Å². The Kier molecular flexibility index (Phi) is 2.24. The van der Waals surface area contributed by atoms with Gasteiger partial charge < -0.3 is 15.3 Å². The Morgan fingerprint density at radius 3 is 1.67 bits per heavy atom. The van der Waals surface area contributed by atoms with E-state index in [2.05, 4.69) is 0 Å². The summed E-state index contributed by atoms with van der Waals surface area (Å²) in [7, 11) is 0. The van der Waals surface area contributed by atoms with Crippen molar-refractivity contribution < 1.29 is 9.59 Å². The molecule has 0 amide bonds. The molecule has 3 heteroatoms. The molecule has 0 saturated carbocycles. The molecule has 0 fully saturated rings. The molecule has 6 heavy (non-hydrogen) atoms. The highest BCUT2D eigenvalue weighted by Crippen LogP contribution is 1.52. The minimum absolute atomic E-state index is 0.382. The molecule has 0 saturated heterocycles. The van der Waals surface area contributed by atoms with Crippen LogP contribution >= 0.6 is 0 Å². The summed E-state index contributed by atoms with van der Waals surface area (Å²) in [4.78, 5) is 18.8. The van der Waals surface area contributed by atoms with Gasteiger partial charge in [-0.15, -0.1) is 0 Å². The summed E-state index contributed by atoms with van der Waals surface area (Å²) in [5, 5.41) is 0. The summed E-state index contributed by atoms with van der Waals surface area (Å²) in [6.45, 7) is 0. The Morgan fingerprint density at radius 2 is 1.67 bits per heavy atom. The van der Waals surface area contributed by atoms with Crippen molar-refractivity contribution in [1.29, 1.82) is 0 Å². The molecule has 0 spiro atoms. The Hall–Kier alpha value is -0.700. The molecule has 0 aliphatic rings. The third kappa shape index (κ3) is 1.60. The maximum absolute atomic E-state index is 9.38. The van der Waals surface area contributed by atoms with Gasteiger partial charge in [0.2, 0.25) is 0 Å². The number of carbonyl (C=O) groups excluding carboxylic acids is 2. The van der Waals surface area contributed by atoms with Crippen molar-refractivity contribution in [2.45, 2.75) is 6.04 Å². The molecular formula is C3H5NO2. The maximum atomic E-state index is 9.38. The Labute approximate surface area is 35.1 Å². The summed E-state index contributed by atoms with van der Waals surface area (Å²) in [5.74, 6) is 0. The highest BCUT2D eigenvalue weighted by molar-refractivity contribution is 5.81. The average molecular weight is 87.1 g/mol. The number of rotatable bonds is 2. The van der Waals surface area contributed by atoms with E-state index in [4.69, 9.17) is 5.73 Å². The Bertz CT molecular complexity index is 53.8. The minimum Gasteiger partial charge on any atom is -0.316 e. The zero-order valence-corrected chi connectivity index (χ0v) is 3.13. The zero-order chi connectivity index (χ0) is 4.99. The van der Waals surface area contributed by atoms with E-state index in [-0.39, 0.29) is 0 Å². The molecule has 0 aromatic carbocycles. The van der Waals surface area contributed by atoms with E-state index in [9.17, 15) is 9.59 Å². The second-order valence-electron chi connectivity index (χ2n) is 0.850. The highest BCUT2D eigenvalue weighted by atomic mass is 16.1. The molecule has 0 aromatic rings. The number of aldehydes is 2. The van der Waals surface area contributed by atoms with Crippen LogP contribution in [0.25, 0.3) is 0 Å². The monoisotopic (exact) mass is 87.0 g/mol. The first kappa shape index (κ1) is 5.30. The topological polar surface area (TPSA) is 60.2 Å². The van der Waals surface area contributed by atoms with Gasteiger partial charge in [-0.05, 0) is 0 Å². The lowest BCUT2D eigenvalue weighted by Crippen LogP contribution is -2.22. The second kappa shape index (κ2) is 2.53. The van der Waals surface area contributed by atoms with Crippen LogP contribution in [0.3, 0.4) is 0 Å². The normalized spacial score (nSPS) is 8.33. The van der Waals surface area contributed by atoms with Gasteiger partial charge in [-0.1, -0.05) is 0 Å². The van der Waals surface area contributed by atoms with Crippen LogP contribution in [-0.4, -0.2) is 18.6 Å². The number of hydrogen-bond acceptors (Lipinski definition) is 3. The summed E-state index contributed by atoms with van der Waals surface area (Å²) in [6.07, 6.45) is 0.764. The fourth-order valence-corrected chi connectivity index (χ4v) is 0.0321. The Balaban J connectivity index is 3.21. The van der Waals surface area contributed by atoms with Crippen LogP contribution in [0.2, 0.25) is 0 Å². The van der Waals surface area contributed by atoms with E-state index >= 15 is 0 Å². The first-order valence-electron chi connectivity index (χ1n) is 1.47. The van der Waals surface area contributed by atoms with E-state index < -0.39 is 6.04 Å². The van der Waals surface area contributed by atoms with Gasteiger partial charge >= 0.3 is 0 Å². The molecule has 2 N–H and O–H groups in total. The van der Waals surface area contributed by atoms with Gasteiger partial charge in [0.05, 0.1) is 0 Å². The SMILES string of the molecule is NC(C=O)C=O. The second-order valence-corrected chi connectivity index (χ2v) is 0.850. The fourth-order valence-electron chi connectivity index (χ4n) is 0.0321. The van der Waals surface area contributed by atoms with Gasteiger partial charge in [0.1, 0.15) is 18.6 Å². The standard InChI is InChI=1S/C3H5NO2/c4-3(1-5)2-6/h1-3H,4H2. The molecule has 0 unspecified atom stereocenters. The average Bonchev–Trinajstić information content (AvgIpc) is 1.65. The molecule has 3 nitrogen and oxygen atoms in total. The first-order valence-corrected chi connectivity index (χ1v) is 1.47. The van der Waals surface area contributed by atoms with Crippen molar-refractivity contribution in [1.82, 2.24) is 0 Å². The maximum Gasteiger partial charge on any atom is 0.143 e. The number of carbonyl (C=O) groups is 2. The molecule has 0 bridgehead atoms. The molecule has 0 aliphatic heterocycles. The molecule has 0 heterocycles. The first-order chi connectivity index (χ1) is 2.81. The summed E-state index contributed by atoms with van der Waals surface area (Å²) < 4.78 is 0. The summed E-state index contributed by atoms with van der Waals surface area (Å²) in [6, 6.07) is -0.926. The van der Waals surface area contributed by atoms with Crippen molar-refractivity contribution >= 4 is 12.6 Å². The van der Waals surface area contributed by atoms with Crippen LogP contribution in [-0.2, 0) is 9.59 Å². The van der Waals surface area contributed by atoms with Crippen LogP contribution in [0.5, 0.6) is 0 Å². The van der Waals surface area contributed by atoms with Gasteiger partial charge in [-0.3, -0.25) is 0 Å². The van der Waals surface area contributed by atoms with Crippen molar-refractivity contribution in [2.75, 3.05) is 0 Å². The van der Waals surface area contributed by atoms with Crippen LogP contribution in [0.1, 0.15) is 0 Å². The summed E-state index contributed by atoms with van der Waals surface area (Å²) in [5.41, 5.74) is 4.74. The minimum atomic E-state index is -0.926. The van der Waals surface area contributed by atoms with Crippen molar-refractivity contribution in [3.05, 3.63) is 0 Å². The van der Waals surface area contributed by atoms with E-state index in [0.717, 1.165) is 0 Å². The van der Waals surface area contributed by atoms with Gasteiger partial charge in [0, 0.05) is 0 Å². The third-order valence-corrected chi connectivity index (χ3v) is 0.314. The van der Waals surface area contributed by atoms with Gasteiger partial charge in [0.25, 0.3) is 0 Å². The molecule has 0 atom stereocenters. The van der Waals surface area contributed by atoms with Crippen molar-refractivity contribution in [3.63, 3.8) is 0 Å². The van der Waals surface area contributed by atoms with Crippen LogP contribution in [0.4, 0.5) is 0 Å². The predicted octanol–water partition coefficient (Wildman–Crippen LogP) is -1.29. The van der Waals surface area contributed by atoms with Crippen molar-refractivity contribution in [2.24, 2.45) is 5.73 Å². The fraction of sp³-hybridized carbons (Fsp3) is 0.333. The van der Waals surface area contributed by atoms with Crippen LogP contribution < -0.4 is 5.73 Å². The van der Waals surface area contributed by atoms with E-state index in [1.54, 1.807) is 0 Å². The smallest absolute Gasteiger partial charge is 0.143 e. The molecule has 34 valence electrons. The van der Waals surface area contributed by atoms with Crippen LogP contribution in [0.15, 0.2) is 0 Å². The lowest BCUT2D eigenvalue weighted by Gasteiger charge is -1.80. The third-order valence-electron chi connectivity index (χ3n) is 0.314. The number of nitrogens with two attached hydrogens (primary N) is 1. The lowest BCUT2D eigenvalue weighted by molar-refractivity contribution is -0.115.